The molecule has 0 bridgehead atoms. The van der Waals surface area contributed by atoms with Gasteiger partial charge < -0.3 is 15.0 Å². The van der Waals surface area contributed by atoms with E-state index in [0.29, 0.717) is 41.4 Å². The van der Waals surface area contributed by atoms with Gasteiger partial charge in [0.2, 0.25) is 5.89 Å². The molecule has 2 atom stereocenters. The lowest BCUT2D eigenvalue weighted by Gasteiger charge is -2.21. The van der Waals surface area contributed by atoms with Crippen molar-refractivity contribution in [3.8, 4) is 0 Å². The minimum Gasteiger partial charge on any atom is -0.379 e. The summed E-state index contributed by atoms with van der Waals surface area (Å²) in [5.41, 5.74) is 6.52. The Labute approximate surface area is 132 Å². The van der Waals surface area contributed by atoms with Crippen LogP contribution in [0.5, 0.6) is 0 Å². The van der Waals surface area contributed by atoms with Gasteiger partial charge >= 0.3 is 0 Å². The predicted octanol–water partition coefficient (Wildman–Crippen LogP) is 2.58. The van der Waals surface area contributed by atoms with Crippen LogP contribution >= 0.6 is 23.2 Å². The van der Waals surface area contributed by atoms with Crippen LogP contribution in [0.25, 0.3) is 0 Å². The van der Waals surface area contributed by atoms with Crippen molar-refractivity contribution in [3.05, 3.63) is 45.5 Å². The maximum atomic E-state index is 6.15. The SMILES string of the molecule is CC1(c2nc(Cc3ccc(Cl)cc3Cl)no2)COCC1N. The average Bonchev–Trinajstić information content (AvgIpc) is 3.02. The number of hydrogen-bond acceptors (Lipinski definition) is 5. The van der Waals surface area contributed by atoms with Crippen LogP contribution < -0.4 is 5.73 Å². The van der Waals surface area contributed by atoms with E-state index in [0.717, 1.165) is 5.56 Å². The maximum absolute atomic E-state index is 6.15. The van der Waals surface area contributed by atoms with Gasteiger partial charge in [0, 0.05) is 22.5 Å². The molecule has 21 heavy (non-hydrogen) atoms. The summed E-state index contributed by atoms with van der Waals surface area (Å²) in [7, 11) is 0. The molecule has 1 aliphatic heterocycles. The zero-order valence-corrected chi connectivity index (χ0v) is 13.0. The van der Waals surface area contributed by atoms with E-state index in [2.05, 4.69) is 10.1 Å². The number of nitrogens with zero attached hydrogens (tertiary/aromatic N) is 2. The van der Waals surface area contributed by atoms with Crippen LogP contribution in [0, 0.1) is 0 Å². The van der Waals surface area contributed by atoms with Crippen LogP contribution in [0.2, 0.25) is 10.0 Å². The number of hydrogen-bond donors (Lipinski definition) is 1. The molecular formula is C14H15Cl2N3O2. The van der Waals surface area contributed by atoms with E-state index in [-0.39, 0.29) is 6.04 Å². The molecule has 112 valence electrons. The van der Waals surface area contributed by atoms with E-state index < -0.39 is 5.41 Å². The summed E-state index contributed by atoms with van der Waals surface area (Å²) in [6.07, 6.45) is 0.478. The molecule has 5 nitrogen and oxygen atoms in total. The standard InChI is InChI=1S/C14H15Cl2N3O2/c1-14(7-20-6-11(14)17)13-18-12(19-21-13)4-8-2-3-9(15)5-10(8)16/h2-3,5,11H,4,6-7,17H2,1H3. The molecule has 3 rings (SSSR count). The highest BCUT2D eigenvalue weighted by Crippen LogP contribution is 2.31. The second-order valence-corrected chi connectivity index (χ2v) is 6.31. The van der Waals surface area contributed by atoms with E-state index in [4.69, 9.17) is 38.2 Å². The lowest BCUT2D eigenvalue weighted by Crippen LogP contribution is -2.42. The molecule has 0 spiro atoms. The van der Waals surface area contributed by atoms with E-state index >= 15 is 0 Å². The number of rotatable bonds is 3. The molecule has 1 saturated heterocycles. The third-order valence-corrected chi connectivity index (χ3v) is 4.42. The van der Waals surface area contributed by atoms with Gasteiger partial charge in [-0.05, 0) is 24.6 Å². The van der Waals surface area contributed by atoms with Crippen molar-refractivity contribution in [2.24, 2.45) is 5.73 Å². The van der Waals surface area contributed by atoms with Crippen LogP contribution in [0.4, 0.5) is 0 Å². The van der Waals surface area contributed by atoms with Crippen LogP contribution in [0.15, 0.2) is 22.7 Å². The first-order valence-corrected chi connectivity index (χ1v) is 7.35. The number of aromatic nitrogens is 2. The molecule has 2 heterocycles. The van der Waals surface area contributed by atoms with E-state index in [1.807, 2.05) is 13.0 Å². The minimum atomic E-state index is -0.435. The molecule has 1 aromatic heterocycles. The first kappa shape index (κ1) is 14.8. The van der Waals surface area contributed by atoms with Gasteiger partial charge in [0.25, 0.3) is 0 Å². The van der Waals surface area contributed by atoms with Gasteiger partial charge in [0.1, 0.15) is 0 Å². The fraction of sp³-hybridized carbons (Fsp3) is 0.429. The fourth-order valence-electron chi connectivity index (χ4n) is 2.30. The molecule has 2 N–H and O–H groups in total. The quantitative estimate of drug-likeness (QED) is 0.937. The Balaban J connectivity index is 1.82. The highest BCUT2D eigenvalue weighted by molar-refractivity contribution is 6.35. The molecule has 2 unspecified atom stereocenters. The number of nitrogens with two attached hydrogens (primary N) is 1. The van der Waals surface area contributed by atoms with Gasteiger partial charge in [-0.3, -0.25) is 0 Å². The Kier molecular flexibility index (Phi) is 3.92. The van der Waals surface area contributed by atoms with E-state index in [9.17, 15) is 0 Å². The molecule has 0 radical (unpaired) electrons. The zero-order valence-electron chi connectivity index (χ0n) is 11.5. The Morgan fingerprint density at radius 3 is 2.90 bits per heavy atom. The van der Waals surface area contributed by atoms with Crippen molar-refractivity contribution >= 4 is 23.2 Å². The monoisotopic (exact) mass is 327 g/mol. The van der Waals surface area contributed by atoms with Crippen LogP contribution in [0.1, 0.15) is 24.2 Å². The van der Waals surface area contributed by atoms with Crippen LogP contribution in [-0.2, 0) is 16.6 Å². The van der Waals surface area contributed by atoms with Crippen molar-refractivity contribution in [2.75, 3.05) is 13.2 Å². The van der Waals surface area contributed by atoms with Gasteiger partial charge in [-0.2, -0.15) is 4.98 Å². The summed E-state index contributed by atoms with van der Waals surface area (Å²) >= 11 is 12.0. The highest BCUT2D eigenvalue weighted by Gasteiger charge is 2.44. The van der Waals surface area contributed by atoms with Gasteiger partial charge in [0.15, 0.2) is 5.82 Å². The molecule has 0 amide bonds. The summed E-state index contributed by atoms with van der Waals surface area (Å²) < 4.78 is 10.8. The van der Waals surface area contributed by atoms with Gasteiger partial charge in [-0.25, -0.2) is 0 Å². The third kappa shape index (κ3) is 2.79. The third-order valence-electron chi connectivity index (χ3n) is 3.84. The van der Waals surface area contributed by atoms with Crippen molar-refractivity contribution in [3.63, 3.8) is 0 Å². The number of halogens is 2. The highest BCUT2D eigenvalue weighted by atomic mass is 35.5. The summed E-state index contributed by atoms with van der Waals surface area (Å²) in [6.45, 7) is 2.95. The molecular weight excluding hydrogens is 313 g/mol. The fourth-order valence-corrected chi connectivity index (χ4v) is 2.78. The molecule has 1 aromatic carbocycles. The lowest BCUT2D eigenvalue weighted by molar-refractivity contribution is 0.169. The molecule has 0 aliphatic carbocycles. The smallest absolute Gasteiger partial charge is 0.236 e. The van der Waals surface area contributed by atoms with Crippen molar-refractivity contribution in [1.29, 1.82) is 0 Å². The maximum Gasteiger partial charge on any atom is 0.236 e. The summed E-state index contributed by atoms with van der Waals surface area (Å²) in [5.74, 6) is 1.07. The lowest BCUT2D eigenvalue weighted by atomic mass is 9.86. The second-order valence-electron chi connectivity index (χ2n) is 5.47. The van der Waals surface area contributed by atoms with E-state index in [1.54, 1.807) is 12.1 Å². The zero-order chi connectivity index (χ0) is 15.0. The van der Waals surface area contributed by atoms with Gasteiger partial charge in [0.05, 0.1) is 18.6 Å². The van der Waals surface area contributed by atoms with E-state index in [1.165, 1.54) is 0 Å². The van der Waals surface area contributed by atoms with Crippen LogP contribution in [-0.4, -0.2) is 29.4 Å². The minimum absolute atomic E-state index is 0.148. The second kappa shape index (κ2) is 5.57. The first-order valence-electron chi connectivity index (χ1n) is 6.59. The Bertz CT molecular complexity index is 661. The summed E-state index contributed by atoms with van der Waals surface area (Å²) in [4.78, 5) is 4.44. The molecule has 1 aliphatic rings. The van der Waals surface area contributed by atoms with Crippen molar-refractivity contribution in [2.45, 2.75) is 24.8 Å². The van der Waals surface area contributed by atoms with Gasteiger partial charge in [-0.1, -0.05) is 34.4 Å². The first-order chi connectivity index (χ1) is 9.99. The Morgan fingerprint density at radius 1 is 1.43 bits per heavy atom. The predicted molar refractivity (Wildman–Crippen MR) is 79.7 cm³/mol. The Morgan fingerprint density at radius 2 is 2.24 bits per heavy atom. The molecule has 7 heteroatoms. The van der Waals surface area contributed by atoms with Crippen LogP contribution in [0.3, 0.4) is 0 Å². The van der Waals surface area contributed by atoms with Crippen molar-refractivity contribution in [1.82, 2.24) is 10.1 Å². The van der Waals surface area contributed by atoms with Crippen molar-refractivity contribution < 1.29 is 9.26 Å². The summed E-state index contributed by atoms with van der Waals surface area (Å²) in [6, 6.07) is 5.19. The molecule has 0 saturated carbocycles. The summed E-state index contributed by atoms with van der Waals surface area (Å²) in [5, 5.41) is 5.19. The largest absolute Gasteiger partial charge is 0.379 e. The molecule has 1 fully saturated rings. The molecule has 2 aromatic rings. The average molecular weight is 328 g/mol. The number of benzene rings is 1. The normalized spacial score (nSPS) is 25.4. The topological polar surface area (TPSA) is 74.2 Å². The number of ether oxygens (including phenoxy) is 1. The van der Waals surface area contributed by atoms with Gasteiger partial charge in [-0.15, -0.1) is 0 Å². The Hall–Kier alpha value is -1.14.